The van der Waals surface area contributed by atoms with Gasteiger partial charge >= 0.3 is 5.97 Å². The molecule has 1 aliphatic heterocycles. The number of aromatic amines is 1. The van der Waals surface area contributed by atoms with Crippen molar-refractivity contribution in [3.63, 3.8) is 0 Å². The molecule has 1 unspecified atom stereocenters. The number of benzene rings is 1. The normalized spacial score (nSPS) is 16.7. The van der Waals surface area contributed by atoms with E-state index in [2.05, 4.69) is 20.3 Å². The lowest BCUT2D eigenvalue weighted by Crippen LogP contribution is -2.41. The first-order chi connectivity index (χ1) is 14.0. The second-order valence-electron chi connectivity index (χ2n) is 7.32. The average molecular weight is 394 g/mol. The van der Waals surface area contributed by atoms with Gasteiger partial charge in [-0.1, -0.05) is 35.5 Å². The number of carboxylic acids is 1. The van der Waals surface area contributed by atoms with Crippen molar-refractivity contribution < 1.29 is 14.7 Å². The van der Waals surface area contributed by atoms with Gasteiger partial charge in [-0.05, 0) is 25.7 Å². The Kier molecular flexibility index (Phi) is 5.11. The Morgan fingerprint density at radius 1 is 1.28 bits per heavy atom. The number of nitrogens with zero attached hydrogens (tertiary/aromatic N) is 5. The van der Waals surface area contributed by atoms with Crippen LogP contribution >= 0.6 is 0 Å². The summed E-state index contributed by atoms with van der Waals surface area (Å²) in [6.45, 7) is 3.64. The van der Waals surface area contributed by atoms with E-state index in [0.29, 0.717) is 31.2 Å². The fourth-order valence-corrected chi connectivity index (χ4v) is 3.70. The highest BCUT2D eigenvalue weighted by Gasteiger charge is 2.28. The minimum atomic E-state index is -1.10. The fraction of sp³-hybridized carbons (Fsp3) is 0.350. The molecule has 1 atom stereocenters. The molecule has 0 spiro atoms. The van der Waals surface area contributed by atoms with Crippen molar-refractivity contribution in [1.29, 1.82) is 0 Å². The molecule has 1 aliphatic rings. The number of aryl methyl sites for hydroxylation is 1. The number of hydrogen-bond donors (Lipinski definition) is 2. The number of H-pyrrole nitrogens is 1. The first-order valence-electron chi connectivity index (χ1n) is 9.56. The Morgan fingerprint density at radius 2 is 2.07 bits per heavy atom. The molecule has 0 aliphatic carbocycles. The Morgan fingerprint density at radius 3 is 2.79 bits per heavy atom. The number of likely N-dealkylation sites (tertiary alicyclic amines) is 1. The zero-order valence-electron chi connectivity index (χ0n) is 16.1. The molecule has 0 saturated carbocycles. The molecule has 3 heterocycles. The summed E-state index contributed by atoms with van der Waals surface area (Å²) in [6.07, 6.45) is 3.25. The van der Waals surface area contributed by atoms with Crippen LogP contribution in [0.3, 0.4) is 0 Å². The second-order valence-corrected chi connectivity index (χ2v) is 7.32. The highest BCUT2D eigenvalue weighted by atomic mass is 16.4. The average Bonchev–Trinajstić information content (AvgIpc) is 3.35. The highest BCUT2D eigenvalue weighted by molar-refractivity contribution is 5.94. The Hall–Kier alpha value is -3.49. The molecule has 1 amide bonds. The van der Waals surface area contributed by atoms with Crippen LogP contribution in [0.25, 0.3) is 11.4 Å². The van der Waals surface area contributed by atoms with Crippen LogP contribution in [0.1, 0.15) is 39.5 Å². The monoisotopic (exact) mass is 394 g/mol. The molecule has 29 heavy (non-hydrogen) atoms. The van der Waals surface area contributed by atoms with Crippen molar-refractivity contribution in [3.8, 4) is 11.4 Å². The number of nitrogens with one attached hydrogen (secondary N) is 1. The molecule has 9 nitrogen and oxygen atoms in total. The van der Waals surface area contributed by atoms with Crippen molar-refractivity contribution in [1.82, 2.24) is 29.9 Å². The predicted molar refractivity (Wildman–Crippen MR) is 104 cm³/mol. The smallest absolute Gasteiger partial charge is 0.358 e. The quantitative estimate of drug-likeness (QED) is 0.685. The lowest BCUT2D eigenvalue weighted by molar-refractivity contribution is 0.0652. The summed E-state index contributed by atoms with van der Waals surface area (Å²) in [5.74, 6) is -0.317. The van der Waals surface area contributed by atoms with Crippen LogP contribution in [-0.2, 0) is 6.54 Å². The van der Waals surface area contributed by atoms with E-state index in [-0.39, 0.29) is 17.5 Å². The summed E-state index contributed by atoms with van der Waals surface area (Å²) in [7, 11) is 0. The Labute approximate surface area is 167 Å². The van der Waals surface area contributed by atoms with Crippen molar-refractivity contribution >= 4 is 11.9 Å². The molecular formula is C20H22N6O3. The van der Waals surface area contributed by atoms with Gasteiger partial charge in [-0.15, -0.1) is 5.10 Å². The maximum atomic E-state index is 13.1. The molecule has 2 aromatic heterocycles. The molecule has 0 bridgehead atoms. The van der Waals surface area contributed by atoms with Gasteiger partial charge < -0.3 is 15.0 Å². The third kappa shape index (κ3) is 4.03. The minimum Gasteiger partial charge on any atom is -0.476 e. The molecule has 0 radical (unpaired) electrons. The van der Waals surface area contributed by atoms with E-state index in [4.69, 9.17) is 5.11 Å². The van der Waals surface area contributed by atoms with Gasteiger partial charge in [-0.3, -0.25) is 9.48 Å². The molecule has 9 heteroatoms. The number of amides is 1. The molecule has 1 saturated heterocycles. The van der Waals surface area contributed by atoms with Crippen LogP contribution in [0.4, 0.5) is 0 Å². The van der Waals surface area contributed by atoms with Gasteiger partial charge in [0.15, 0.2) is 5.69 Å². The van der Waals surface area contributed by atoms with Gasteiger partial charge in [-0.25, -0.2) is 9.78 Å². The van der Waals surface area contributed by atoms with Gasteiger partial charge in [0.05, 0.1) is 6.20 Å². The number of imidazole rings is 1. The van der Waals surface area contributed by atoms with Crippen LogP contribution in [0.15, 0.2) is 36.5 Å². The van der Waals surface area contributed by atoms with Crippen molar-refractivity contribution in [2.24, 2.45) is 5.92 Å². The number of aromatic carboxylic acids is 1. The van der Waals surface area contributed by atoms with E-state index < -0.39 is 5.97 Å². The molecule has 4 rings (SSSR count). The SMILES string of the molecule is Cc1[nH]c(-c2ccccc2)nc1C(=O)N1CCCC(Cn2cc(C(=O)O)nn2)C1. The summed E-state index contributed by atoms with van der Waals surface area (Å²) in [5, 5.41) is 16.5. The maximum Gasteiger partial charge on any atom is 0.358 e. The predicted octanol–water partition coefficient (Wildman–Crippen LogP) is 2.23. The van der Waals surface area contributed by atoms with E-state index in [1.807, 2.05) is 42.2 Å². The largest absolute Gasteiger partial charge is 0.476 e. The standard InChI is InChI=1S/C20H22N6O3/c1-13-17(22-18(21-13)15-7-3-2-4-8-15)19(27)25-9-5-6-14(10-25)11-26-12-16(20(28)29)23-24-26/h2-4,7-8,12,14H,5-6,9-11H2,1H3,(H,21,22)(H,28,29). The molecule has 2 N–H and O–H groups in total. The number of aromatic nitrogens is 5. The van der Waals surface area contributed by atoms with Gasteiger partial charge in [0.1, 0.15) is 11.5 Å². The molecule has 1 fully saturated rings. The van der Waals surface area contributed by atoms with Crippen molar-refractivity contribution in [2.45, 2.75) is 26.3 Å². The second kappa shape index (κ2) is 7.86. The van der Waals surface area contributed by atoms with Crippen LogP contribution in [0.2, 0.25) is 0 Å². The van der Waals surface area contributed by atoms with Gasteiger partial charge in [0, 0.05) is 30.9 Å². The molecule has 1 aromatic carbocycles. The van der Waals surface area contributed by atoms with E-state index in [9.17, 15) is 9.59 Å². The number of hydrogen-bond acceptors (Lipinski definition) is 5. The fourth-order valence-electron chi connectivity index (χ4n) is 3.70. The lowest BCUT2D eigenvalue weighted by atomic mass is 9.97. The van der Waals surface area contributed by atoms with Crippen molar-refractivity contribution in [3.05, 3.63) is 53.6 Å². The lowest BCUT2D eigenvalue weighted by Gasteiger charge is -2.32. The topological polar surface area (TPSA) is 117 Å². The maximum absolute atomic E-state index is 13.1. The minimum absolute atomic E-state index is 0.0747. The number of carbonyl (C=O) groups excluding carboxylic acids is 1. The number of rotatable bonds is 5. The first kappa shape index (κ1) is 18.9. The van der Waals surface area contributed by atoms with E-state index in [0.717, 1.165) is 24.1 Å². The van der Waals surface area contributed by atoms with Crippen molar-refractivity contribution in [2.75, 3.05) is 13.1 Å². The van der Waals surface area contributed by atoms with Gasteiger partial charge in [0.2, 0.25) is 0 Å². The summed E-state index contributed by atoms with van der Waals surface area (Å²) in [6, 6.07) is 9.71. The zero-order chi connectivity index (χ0) is 20.4. The number of carboxylic acid groups (broad SMARTS) is 1. The number of carbonyl (C=O) groups is 2. The Bertz CT molecular complexity index is 1030. The van der Waals surface area contributed by atoms with Crippen LogP contribution in [0, 0.1) is 12.8 Å². The highest BCUT2D eigenvalue weighted by Crippen LogP contribution is 2.23. The summed E-state index contributed by atoms with van der Waals surface area (Å²) in [5.41, 5.74) is 2.05. The Balaban J connectivity index is 1.46. The van der Waals surface area contributed by atoms with E-state index in [1.165, 1.54) is 10.9 Å². The summed E-state index contributed by atoms with van der Waals surface area (Å²) in [4.78, 5) is 33.6. The first-order valence-corrected chi connectivity index (χ1v) is 9.56. The molecule has 150 valence electrons. The number of piperidine rings is 1. The van der Waals surface area contributed by atoms with Crippen LogP contribution in [-0.4, -0.2) is 59.9 Å². The van der Waals surface area contributed by atoms with E-state index >= 15 is 0 Å². The molecule has 3 aromatic rings. The summed E-state index contributed by atoms with van der Waals surface area (Å²) < 4.78 is 1.54. The van der Waals surface area contributed by atoms with E-state index in [1.54, 1.807) is 0 Å². The third-order valence-corrected chi connectivity index (χ3v) is 5.14. The third-order valence-electron chi connectivity index (χ3n) is 5.14. The van der Waals surface area contributed by atoms with Gasteiger partial charge in [0.25, 0.3) is 5.91 Å². The van der Waals surface area contributed by atoms with Crippen LogP contribution in [0.5, 0.6) is 0 Å². The van der Waals surface area contributed by atoms with Crippen LogP contribution < -0.4 is 0 Å². The van der Waals surface area contributed by atoms with Gasteiger partial charge in [-0.2, -0.15) is 0 Å². The zero-order valence-corrected chi connectivity index (χ0v) is 16.1. The molecular weight excluding hydrogens is 372 g/mol. The summed E-state index contributed by atoms with van der Waals surface area (Å²) >= 11 is 0.